The van der Waals surface area contributed by atoms with Crippen molar-refractivity contribution in [2.45, 2.75) is 6.54 Å². The van der Waals surface area contributed by atoms with Crippen LogP contribution in [0.2, 0.25) is 0 Å². The Bertz CT molecular complexity index is 855. The van der Waals surface area contributed by atoms with Crippen LogP contribution >= 0.6 is 0 Å². The maximum Gasteiger partial charge on any atom is 0.0502 e. The minimum absolute atomic E-state index is 0.831. The Balaban J connectivity index is 1.77. The standard InChI is InChI=1S/C21H18N2/c1-3-9-18(10-4-1)23(19-11-5-2-6-12-19)16-17-15-22-21-14-8-7-13-20(17)21/h1-15,22H,16H2. The van der Waals surface area contributed by atoms with Crippen molar-refractivity contribution in [2.24, 2.45) is 0 Å². The Hall–Kier alpha value is -3.00. The Labute approximate surface area is 136 Å². The van der Waals surface area contributed by atoms with Crippen molar-refractivity contribution in [2.75, 3.05) is 4.90 Å². The third kappa shape index (κ3) is 2.71. The van der Waals surface area contributed by atoms with E-state index in [0.29, 0.717) is 0 Å². The van der Waals surface area contributed by atoms with Crippen LogP contribution in [0.5, 0.6) is 0 Å². The zero-order valence-corrected chi connectivity index (χ0v) is 12.8. The smallest absolute Gasteiger partial charge is 0.0502 e. The van der Waals surface area contributed by atoms with Gasteiger partial charge in [-0.25, -0.2) is 0 Å². The zero-order chi connectivity index (χ0) is 15.5. The van der Waals surface area contributed by atoms with Gasteiger partial charge in [-0.15, -0.1) is 0 Å². The van der Waals surface area contributed by atoms with Gasteiger partial charge in [0, 0.05) is 28.5 Å². The van der Waals surface area contributed by atoms with Crippen LogP contribution in [-0.4, -0.2) is 4.98 Å². The molecule has 4 rings (SSSR count). The summed E-state index contributed by atoms with van der Waals surface area (Å²) in [5.74, 6) is 0. The molecule has 0 aliphatic rings. The van der Waals surface area contributed by atoms with Crippen LogP contribution < -0.4 is 4.90 Å². The lowest BCUT2D eigenvalue weighted by Crippen LogP contribution is -2.16. The van der Waals surface area contributed by atoms with E-state index in [2.05, 4.69) is 101 Å². The van der Waals surface area contributed by atoms with Gasteiger partial charge in [0.1, 0.15) is 0 Å². The lowest BCUT2D eigenvalue weighted by molar-refractivity contribution is 0.983. The molecule has 3 aromatic carbocycles. The maximum atomic E-state index is 3.37. The largest absolute Gasteiger partial charge is 0.361 e. The number of rotatable bonds is 4. The zero-order valence-electron chi connectivity index (χ0n) is 12.8. The lowest BCUT2D eigenvalue weighted by atomic mass is 10.1. The third-order valence-electron chi connectivity index (χ3n) is 4.14. The second-order valence-corrected chi connectivity index (χ2v) is 5.62. The molecule has 23 heavy (non-hydrogen) atoms. The minimum atomic E-state index is 0.831. The molecule has 0 aliphatic carbocycles. The molecular formula is C21H18N2. The highest BCUT2D eigenvalue weighted by Gasteiger charge is 2.12. The summed E-state index contributed by atoms with van der Waals surface area (Å²) in [7, 11) is 0. The Kier molecular flexibility index (Phi) is 3.57. The molecule has 0 amide bonds. The molecule has 4 aromatic rings. The van der Waals surface area contributed by atoms with Gasteiger partial charge in [-0.1, -0.05) is 54.6 Å². The van der Waals surface area contributed by atoms with Crippen LogP contribution in [0.25, 0.3) is 10.9 Å². The molecule has 112 valence electrons. The second-order valence-electron chi connectivity index (χ2n) is 5.62. The first-order valence-electron chi connectivity index (χ1n) is 7.84. The summed E-state index contributed by atoms with van der Waals surface area (Å²) in [4.78, 5) is 5.71. The van der Waals surface area contributed by atoms with Gasteiger partial charge in [0.25, 0.3) is 0 Å². The lowest BCUT2D eigenvalue weighted by Gasteiger charge is -2.25. The Morgan fingerprint density at radius 2 is 1.22 bits per heavy atom. The highest BCUT2D eigenvalue weighted by molar-refractivity contribution is 5.83. The molecule has 1 aromatic heterocycles. The van der Waals surface area contributed by atoms with Crippen molar-refractivity contribution in [1.29, 1.82) is 0 Å². The van der Waals surface area contributed by atoms with Crippen LogP contribution in [0.4, 0.5) is 11.4 Å². The summed E-state index contributed by atoms with van der Waals surface area (Å²) in [6, 6.07) is 29.5. The normalized spacial score (nSPS) is 10.8. The van der Waals surface area contributed by atoms with Crippen molar-refractivity contribution >= 4 is 22.3 Å². The molecule has 2 heteroatoms. The molecule has 0 saturated heterocycles. The molecule has 0 spiro atoms. The number of H-pyrrole nitrogens is 1. The average Bonchev–Trinajstić information content (AvgIpc) is 3.04. The molecule has 1 N–H and O–H groups in total. The number of nitrogens with one attached hydrogen (secondary N) is 1. The van der Waals surface area contributed by atoms with E-state index in [0.717, 1.165) is 6.54 Å². The molecule has 2 nitrogen and oxygen atoms in total. The SMILES string of the molecule is c1ccc(N(Cc2c[nH]c3ccccc23)c2ccccc2)cc1. The summed E-state index contributed by atoms with van der Waals surface area (Å²) in [6.45, 7) is 0.831. The van der Waals surface area contributed by atoms with E-state index in [1.54, 1.807) is 0 Å². The molecule has 0 unspecified atom stereocenters. The van der Waals surface area contributed by atoms with Crippen molar-refractivity contribution < 1.29 is 0 Å². The van der Waals surface area contributed by atoms with Crippen LogP contribution in [-0.2, 0) is 6.54 Å². The monoisotopic (exact) mass is 298 g/mol. The van der Waals surface area contributed by atoms with E-state index < -0.39 is 0 Å². The minimum Gasteiger partial charge on any atom is -0.361 e. The quantitative estimate of drug-likeness (QED) is 0.526. The van der Waals surface area contributed by atoms with Gasteiger partial charge >= 0.3 is 0 Å². The van der Waals surface area contributed by atoms with Crippen LogP contribution in [0, 0.1) is 0 Å². The molecule has 0 aliphatic heterocycles. The van der Waals surface area contributed by atoms with Crippen molar-refractivity contribution in [3.63, 3.8) is 0 Å². The number of nitrogens with zero attached hydrogens (tertiary/aromatic N) is 1. The van der Waals surface area contributed by atoms with Crippen LogP contribution in [0.15, 0.2) is 91.1 Å². The molecule has 0 fully saturated rings. The van der Waals surface area contributed by atoms with Crippen LogP contribution in [0.1, 0.15) is 5.56 Å². The number of aromatic amines is 1. The van der Waals surface area contributed by atoms with E-state index in [9.17, 15) is 0 Å². The predicted octanol–water partition coefficient (Wildman–Crippen LogP) is 5.51. The van der Waals surface area contributed by atoms with Crippen LogP contribution in [0.3, 0.4) is 0 Å². The van der Waals surface area contributed by atoms with E-state index in [1.807, 2.05) is 0 Å². The predicted molar refractivity (Wildman–Crippen MR) is 97.0 cm³/mol. The van der Waals surface area contributed by atoms with Crippen molar-refractivity contribution in [3.05, 3.63) is 96.7 Å². The van der Waals surface area contributed by atoms with Gasteiger partial charge in [-0.2, -0.15) is 0 Å². The first-order valence-corrected chi connectivity index (χ1v) is 7.84. The van der Waals surface area contributed by atoms with E-state index >= 15 is 0 Å². The summed E-state index contributed by atoms with van der Waals surface area (Å²) >= 11 is 0. The van der Waals surface area contributed by atoms with Gasteiger partial charge in [0.15, 0.2) is 0 Å². The second kappa shape index (κ2) is 6.01. The molecule has 1 heterocycles. The van der Waals surface area contributed by atoms with Gasteiger partial charge in [-0.05, 0) is 35.9 Å². The summed E-state index contributed by atoms with van der Waals surface area (Å²) < 4.78 is 0. The van der Waals surface area contributed by atoms with Crippen molar-refractivity contribution in [1.82, 2.24) is 4.98 Å². The van der Waals surface area contributed by atoms with Crippen molar-refractivity contribution in [3.8, 4) is 0 Å². The van der Waals surface area contributed by atoms with E-state index in [1.165, 1.54) is 27.8 Å². The average molecular weight is 298 g/mol. The van der Waals surface area contributed by atoms with E-state index in [4.69, 9.17) is 0 Å². The summed E-state index contributed by atoms with van der Waals surface area (Å²) in [5.41, 5.74) is 4.88. The first kappa shape index (κ1) is 13.6. The van der Waals surface area contributed by atoms with Gasteiger partial charge in [0.05, 0.1) is 6.54 Å². The summed E-state index contributed by atoms with van der Waals surface area (Å²) in [5, 5.41) is 1.28. The highest BCUT2D eigenvalue weighted by Crippen LogP contribution is 2.29. The fourth-order valence-corrected chi connectivity index (χ4v) is 2.98. The highest BCUT2D eigenvalue weighted by atomic mass is 15.1. The van der Waals surface area contributed by atoms with E-state index in [-0.39, 0.29) is 0 Å². The third-order valence-corrected chi connectivity index (χ3v) is 4.14. The molecule has 0 saturated carbocycles. The fraction of sp³-hybridized carbons (Fsp3) is 0.0476. The maximum absolute atomic E-state index is 3.37. The molecule has 0 bridgehead atoms. The number of hydrogen-bond acceptors (Lipinski definition) is 1. The Morgan fingerprint density at radius 1 is 0.652 bits per heavy atom. The molecule has 0 radical (unpaired) electrons. The van der Waals surface area contributed by atoms with Gasteiger partial charge in [0.2, 0.25) is 0 Å². The number of aromatic nitrogens is 1. The summed E-state index contributed by atoms with van der Waals surface area (Å²) in [6.07, 6.45) is 2.11. The number of hydrogen-bond donors (Lipinski definition) is 1. The molecular weight excluding hydrogens is 280 g/mol. The van der Waals surface area contributed by atoms with Gasteiger partial charge in [-0.3, -0.25) is 0 Å². The topological polar surface area (TPSA) is 19.0 Å². The fourth-order valence-electron chi connectivity index (χ4n) is 2.98. The number of para-hydroxylation sites is 3. The Morgan fingerprint density at radius 3 is 1.87 bits per heavy atom. The first-order chi connectivity index (χ1) is 11.4. The number of fused-ring (bicyclic) bond motifs is 1. The number of benzene rings is 3. The molecule has 0 atom stereocenters. The number of anilines is 2. The van der Waals surface area contributed by atoms with Gasteiger partial charge < -0.3 is 9.88 Å².